The van der Waals surface area contributed by atoms with Gasteiger partial charge in [-0.3, -0.25) is 0 Å². The lowest BCUT2D eigenvalue weighted by Gasteiger charge is -2.10. The van der Waals surface area contributed by atoms with Crippen molar-refractivity contribution in [3.63, 3.8) is 0 Å². The zero-order valence-corrected chi connectivity index (χ0v) is 12.4. The van der Waals surface area contributed by atoms with E-state index in [0.717, 1.165) is 17.0 Å². The van der Waals surface area contributed by atoms with E-state index in [1.807, 2.05) is 22.9 Å². The third-order valence-electron chi connectivity index (χ3n) is 3.23. The first-order chi connectivity index (χ1) is 10.2. The minimum atomic E-state index is 0.361. The molecule has 0 fully saturated rings. The molecule has 0 radical (unpaired) electrons. The number of benzene rings is 1. The zero-order chi connectivity index (χ0) is 15.2. The minimum absolute atomic E-state index is 0.361. The van der Waals surface area contributed by atoms with Gasteiger partial charge in [-0.1, -0.05) is 17.4 Å². The van der Waals surface area contributed by atoms with Gasteiger partial charge in [0.2, 0.25) is 0 Å². The van der Waals surface area contributed by atoms with Crippen molar-refractivity contribution in [2.45, 2.75) is 19.5 Å². The van der Waals surface area contributed by atoms with Crippen LogP contribution in [0.15, 0.2) is 30.9 Å². The molecule has 2 N–H and O–H groups in total. The molecular weight excluding hydrogens is 268 g/mol. The molecule has 6 nitrogen and oxygen atoms in total. The number of ether oxygens (including phenoxy) is 2. The fraction of sp³-hybridized carbons (Fsp3) is 0.333. The normalized spacial score (nSPS) is 10.4. The zero-order valence-electron chi connectivity index (χ0n) is 12.4. The number of nitrogens with zero attached hydrogens (tertiary/aromatic N) is 3. The van der Waals surface area contributed by atoms with Crippen molar-refractivity contribution < 1.29 is 9.47 Å². The number of rotatable bonds is 7. The maximum atomic E-state index is 5.73. The largest absolute Gasteiger partial charge is 0.493 e. The van der Waals surface area contributed by atoms with Gasteiger partial charge in [-0.2, -0.15) is 0 Å². The van der Waals surface area contributed by atoms with Crippen LogP contribution in [-0.2, 0) is 19.5 Å². The van der Waals surface area contributed by atoms with Gasteiger partial charge >= 0.3 is 0 Å². The summed E-state index contributed by atoms with van der Waals surface area (Å²) in [6.07, 6.45) is 2.46. The average molecular weight is 288 g/mol. The fourth-order valence-corrected chi connectivity index (χ4v) is 2.17. The van der Waals surface area contributed by atoms with Crippen LogP contribution in [0.2, 0.25) is 0 Å². The highest BCUT2D eigenvalue weighted by Crippen LogP contribution is 2.28. The van der Waals surface area contributed by atoms with Crippen LogP contribution >= 0.6 is 0 Å². The summed E-state index contributed by atoms with van der Waals surface area (Å²) in [5, 5.41) is 8.22. The topological polar surface area (TPSA) is 75.2 Å². The number of hydrogen-bond donors (Lipinski definition) is 1. The molecule has 0 unspecified atom stereocenters. The maximum Gasteiger partial charge on any atom is 0.160 e. The predicted octanol–water partition coefficient (Wildman–Crippen LogP) is 1.53. The van der Waals surface area contributed by atoms with Crippen LogP contribution in [0.4, 0.5) is 0 Å². The second kappa shape index (κ2) is 6.90. The highest BCUT2D eigenvalue weighted by molar-refractivity contribution is 5.44. The Morgan fingerprint density at radius 3 is 2.67 bits per heavy atom. The van der Waals surface area contributed by atoms with Crippen LogP contribution in [0, 0.1) is 0 Å². The van der Waals surface area contributed by atoms with E-state index in [0.29, 0.717) is 31.0 Å². The van der Waals surface area contributed by atoms with Crippen molar-refractivity contribution in [3.8, 4) is 11.5 Å². The lowest BCUT2D eigenvalue weighted by Crippen LogP contribution is -2.08. The Bertz CT molecular complexity index is 622. The van der Waals surface area contributed by atoms with Crippen LogP contribution < -0.4 is 15.2 Å². The fourth-order valence-electron chi connectivity index (χ4n) is 2.17. The molecule has 1 heterocycles. The van der Waals surface area contributed by atoms with Crippen molar-refractivity contribution in [3.05, 3.63) is 47.8 Å². The van der Waals surface area contributed by atoms with E-state index in [9.17, 15) is 0 Å². The van der Waals surface area contributed by atoms with Gasteiger partial charge in [0.1, 0.15) is 0 Å². The van der Waals surface area contributed by atoms with Crippen LogP contribution in [0.5, 0.6) is 11.5 Å². The molecule has 6 heteroatoms. The van der Waals surface area contributed by atoms with E-state index >= 15 is 0 Å². The Labute approximate surface area is 124 Å². The molecule has 0 amide bonds. The van der Waals surface area contributed by atoms with Gasteiger partial charge in [-0.05, 0) is 17.7 Å². The summed E-state index contributed by atoms with van der Waals surface area (Å²) < 4.78 is 12.4. The van der Waals surface area contributed by atoms with E-state index < -0.39 is 0 Å². The van der Waals surface area contributed by atoms with Crippen molar-refractivity contribution in [2.24, 2.45) is 5.73 Å². The van der Waals surface area contributed by atoms with E-state index in [1.165, 1.54) is 0 Å². The molecule has 0 bridgehead atoms. The molecule has 112 valence electrons. The Morgan fingerprint density at radius 2 is 2.05 bits per heavy atom. The van der Waals surface area contributed by atoms with E-state index in [4.69, 9.17) is 15.2 Å². The first-order valence-corrected chi connectivity index (χ1v) is 6.66. The van der Waals surface area contributed by atoms with Crippen molar-refractivity contribution in [2.75, 3.05) is 14.2 Å². The van der Waals surface area contributed by atoms with Crippen LogP contribution in [-0.4, -0.2) is 29.2 Å². The first-order valence-electron chi connectivity index (χ1n) is 6.66. The molecule has 0 aliphatic rings. The van der Waals surface area contributed by atoms with Gasteiger partial charge in [0, 0.05) is 13.0 Å². The highest BCUT2D eigenvalue weighted by atomic mass is 16.5. The van der Waals surface area contributed by atoms with Crippen LogP contribution in [0.25, 0.3) is 0 Å². The SMILES string of the molecule is C=CCn1nnc(CN)c1Cc1ccc(OC)c(OC)c1. The third-order valence-corrected chi connectivity index (χ3v) is 3.23. The van der Waals surface area contributed by atoms with E-state index in [-0.39, 0.29) is 0 Å². The third kappa shape index (κ3) is 3.22. The summed E-state index contributed by atoms with van der Waals surface area (Å²) in [6.45, 7) is 4.70. The molecule has 21 heavy (non-hydrogen) atoms. The van der Waals surface area contributed by atoms with Crippen molar-refractivity contribution in [1.29, 1.82) is 0 Å². The van der Waals surface area contributed by atoms with Gasteiger partial charge in [0.25, 0.3) is 0 Å². The number of nitrogens with two attached hydrogens (primary N) is 1. The Morgan fingerprint density at radius 1 is 1.29 bits per heavy atom. The number of aromatic nitrogens is 3. The Kier molecular flexibility index (Phi) is 4.94. The number of allylic oxidation sites excluding steroid dienone is 1. The second-order valence-corrected chi connectivity index (χ2v) is 4.52. The highest BCUT2D eigenvalue weighted by Gasteiger charge is 2.13. The predicted molar refractivity (Wildman–Crippen MR) is 80.5 cm³/mol. The van der Waals surface area contributed by atoms with E-state index in [2.05, 4.69) is 16.9 Å². The summed E-state index contributed by atoms with van der Waals surface area (Å²) in [7, 11) is 3.24. The van der Waals surface area contributed by atoms with Gasteiger partial charge in [-0.25, -0.2) is 4.68 Å². The Hall–Kier alpha value is -2.34. The Balaban J connectivity index is 2.33. The summed E-state index contributed by atoms with van der Waals surface area (Å²) >= 11 is 0. The maximum absolute atomic E-state index is 5.73. The van der Waals surface area contributed by atoms with Gasteiger partial charge in [0.15, 0.2) is 11.5 Å². The molecule has 0 spiro atoms. The van der Waals surface area contributed by atoms with Gasteiger partial charge in [0.05, 0.1) is 32.2 Å². The molecule has 0 saturated carbocycles. The molecule has 0 aliphatic carbocycles. The van der Waals surface area contributed by atoms with Crippen LogP contribution in [0.1, 0.15) is 17.0 Å². The molecule has 0 saturated heterocycles. The van der Waals surface area contributed by atoms with Crippen molar-refractivity contribution in [1.82, 2.24) is 15.0 Å². The molecular formula is C15H20N4O2. The second-order valence-electron chi connectivity index (χ2n) is 4.52. The average Bonchev–Trinajstić information content (AvgIpc) is 2.89. The van der Waals surface area contributed by atoms with Crippen LogP contribution in [0.3, 0.4) is 0 Å². The summed E-state index contributed by atoms with van der Waals surface area (Å²) in [4.78, 5) is 0. The molecule has 0 atom stereocenters. The number of methoxy groups -OCH3 is 2. The van der Waals surface area contributed by atoms with Gasteiger partial charge < -0.3 is 15.2 Å². The standard InChI is InChI=1S/C15H20N4O2/c1-4-7-19-13(12(10-16)17-18-19)8-11-5-6-14(20-2)15(9-11)21-3/h4-6,9H,1,7-8,10,16H2,2-3H3. The lowest BCUT2D eigenvalue weighted by atomic mass is 10.1. The first kappa shape index (κ1) is 15.1. The number of hydrogen-bond acceptors (Lipinski definition) is 5. The van der Waals surface area contributed by atoms with Gasteiger partial charge in [-0.15, -0.1) is 11.7 Å². The molecule has 1 aromatic carbocycles. The molecule has 1 aromatic heterocycles. The molecule has 2 rings (SSSR count). The monoisotopic (exact) mass is 288 g/mol. The lowest BCUT2D eigenvalue weighted by molar-refractivity contribution is 0.354. The van der Waals surface area contributed by atoms with E-state index in [1.54, 1.807) is 20.3 Å². The van der Waals surface area contributed by atoms with Crippen molar-refractivity contribution >= 4 is 0 Å². The minimum Gasteiger partial charge on any atom is -0.493 e. The quantitative estimate of drug-likeness (QED) is 0.782. The molecule has 0 aliphatic heterocycles. The summed E-state index contributed by atoms with van der Waals surface area (Å²) in [5.41, 5.74) is 8.60. The summed E-state index contributed by atoms with van der Waals surface area (Å²) in [5.74, 6) is 1.41. The smallest absolute Gasteiger partial charge is 0.160 e. The summed E-state index contributed by atoms with van der Waals surface area (Å²) in [6, 6.07) is 5.83. The molecule has 2 aromatic rings.